The summed E-state index contributed by atoms with van der Waals surface area (Å²) in [4.78, 5) is 9.31. The Morgan fingerprint density at radius 1 is 1.10 bits per heavy atom. The Kier molecular flexibility index (Phi) is 5.87. The number of piperidine rings is 1. The summed E-state index contributed by atoms with van der Waals surface area (Å²) in [6, 6.07) is 7.16. The molecule has 1 aromatic heterocycles. The molecule has 0 radical (unpaired) electrons. The highest BCUT2D eigenvalue weighted by Gasteiger charge is 2.21. The van der Waals surface area contributed by atoms with Gasteiger partial charge in [-0.15, -0.1) is 0 Å². The van der Waals surface area contributed by atoms with Crippen molar-refractivity contribution in [2.45, 2.75) is 25.9 Å². The molecule has 2 saturated heterocycles. The van der Waals surface area contributed by atoms with Crippen LogP contribution in [0.5, 0.6) is 5.88 Å². The molecule has 0 aliphatic carbocycles. The maximum atomic E-state index is 13.9. The minimum Gasteiger partial charge on any atom is -0.474 e. The molecule has 2 aliphatic rings. The van der Waals surface area contributed by atoms with Crippen molar-refractivity contribution in [2.24, 2.45) is 0 Å². The number of aromatic nitrogens is 1. The lowest BCUT2D eigenvalue weighted by Gasteiger charge is -2.31. The van der Waals surface area contributed by atoms with Crippen molar-refractivity contribution in [2.75, 3.05) is 57.1 Å². The molecule has 2 N–H and O–H groups in total. The molecule has 2 aromatic rings. The van der Waals surface area contributed by atoms with E-state index in [2.05, 4.69) is 16.8 Å². The fourth-order valence-corrected chi connectivity index (χ4v) is 3.94. The van der Waals surface area contributed by atoms with E-state index in [1.165, 1.54) is 6.07 Å². The van der Waals surface area contributed by atoms with Crippen molar-refractivity contribution in [3.63, 3.8) is 0 Å². The van der Waals surface area contributed by atoms with Gasteiger partial charge in [0.15, 0.2) is 0 Å². The van der Waals surface area contributed by atoms with E-state index >= 15 is 0 Å². The summed E-state index contributed by atoms with van der Waals surface area (Å²) >= 11 is 0. The lowest BCUT2D eigenvalue weighted by atomic mass is 10.00. The molecule has 0 unspecified atom stereocenters. The number of halogens is 1. The van der Waals surface area contributed by atoms with Crippen molar-refractivity contribution in [3.8, 4) is 17.0 Å². The van der Waals surface area contributed by atoms with Gasteiger partial charge in [-0.05, 0) is 61.7 Å². The Hall–Kier alpha value is -2.38. The van der Waals surface area contributed by atoms with E-state index in [-0.39, 0.29) is 11.8 Å². The average Bonchev–Trinajstić information content (AvgIpc) is 2.73. The van der Waals surface area contributed by atoms with E-state index in [1.807, 2.05) is 19.1 Å². The number of nitrogens with two attached hydrogens (primary N) is 1. The number of benzene rings is 1. The molecular weight excluding hydrogens is 371 g/mol. The van der Waals surface area contributed by atoms with Crippen LogP contribution in [0.1, 0.15) is 18.4 Å². The van der Waals surface area contributed by atoms with Gasteiger partial charge in [0.2, 0.25) is 5.88 Å². The molecule has 0 spiro atoms. The van der Waals surface area contributed by atoms with Crippen LogP contribution in [0, 0.1) is 12.7 Å². The quantitative estimate of drug-likeness (QED) is 0.796. The van der Waals surface area contributed by atoms with Crippen LogP contribution in [0.15, 0.2) is 24.3 Å². The van der Waals surface area contributed by atoms with E-state index in [0.717, 1.165) is 61.5 Å². The Balaban J connectivity index is 1.69. The van der Waals surface area contributed by atoms with Crippen LogP contribution in [-0.4, -0.2) is 62.4 Å². The highest BCUT2D eigenvalue weighted by Crippen LogP contribution is 2.33. The number of rotatable bonds is 4. The third-order valence-electron chi connectivity index (χ3n) is 5.73. The summed E-state index contributed by atoms with van der Waals surface area (Å²) in [6.45, 7) is 6.87. The third-order valence-corrected chi connectivity index (χ3v) is 5.73. The molecule has 2 aliphatic heterocycles. The zero-order valence-corrected chi connectivity index (χ0v) is 17.2. The van der Waals surface area contributed by atoms with Gasteiger partial charge < -0.3 is 25.0 Å². The summed E-state index contributed by atoms with van der Waals surface area (Å²) in [6.07, 6.45) is 2.13. The second-order valence-electron chi connectivity index (χ2n) is 7.96. The average molecular weight is 400 g/mol. The summed E-state index contributed by atoms with van der Waals surface area (Å²) in [5, 5.41) is 0. The van der Waals surface area contributed by atoms with Gasteiger partial charge in [0, 0.05) is 32.2 Å². The van der Waals surface area contributed by atoms with E-state index in [9.17, 15) is 4.39 Å². The van der Waals surface area contributed by atoms with Crippen molar-refractivity contribution >= 4 is 11.5 Å². The first kappa shape index (κ1) is 19.9. The summed E-state index contributed by atoms with van der Waals surface area (Å²) in [5.74, 6) is 1.08. The van der Waals surface area contributed by atoms with E-state index < -0.39 is 5.82 Å². The Morgan fingerprint density at radius 3 is 2.55 bits per heavy atom. The topological polar surface area (TPSA) is 63.9 Å². The molecule has 156 valence electrons. The normalized spacial score (nSPS) is 18.8. The highest BCUT2D eigenvalue weighted by atomic mass is 19.1. The molecule has 1 aromatic carbocycles. The number of likely N-dealkylation sites (tertiary alicyclic amines) is 1. The first-order valence-corrected chi connectivity index (χ1v) is 10.3. The van der Waals surface area contributed by atoms with Gasteiger partial charge in [-0.2, -0.15) is 4.98 Å². The summed E-state index contributed by atoms with van der Waals surface area (Å²) in [5.41, 5.74) is 8.67. The van der Waals surface area contributed by atoms with Gasteiger partial charge in [-0.3, -0.25) is 0 Å². The second kappa shape index (κ2) is 8.55. The van der Waals surface area contributed by atoms with Gasteiger partial charge in [-0.25, -0.2) is 4.39 Å². The number of morpholine rings is 1. The standard InChI is InChI=1S/C22H29FN4O2/c1-15-11-19(23)20(24)14-18(15)16-12-21(27-7-9-28-10-8-27)25-22(13-16)29-17-3-5-26(2)6-4-17/h11-14,17H,3-10,24H2,1-2H3. The van der Waals surface area contributed by atoms with E-state index in [0.29, 0.717) is 19.1 Å². The Labute approximate surface area is 171 Å². The van der Waals surface area contributed by atoms with E-state index in [4.69, 9.17) is 20.2 Å². The predicted octanol–water partition coefficient (Wildman–Crippen LogP) is 3.09. The lowest BCUT2D eigenvalue weighted by molar-refractivity contribution is 0.109. The first-order chi connectivity index (χ1) is 14.0. The van der Waals surface area contributed by atoms with Gasteiger partial charge in [0.25, 0.3) is 0 Å². The van der Waals surface area contributed by atoms with Crippen molar-refractivity contribution in [1.29, 1.82) is 0 Å². The Bertz CT molecular complexity index is 862. The van der Waals surface area contributed by atoms with Crippen molar-refractivity contribution in [1.82, 2.24) is 9.88 Å². The Morgan fingerprint density at radius 2 is 1.83 bits per heavy atom. The molecule has 3 heterocycles. The number of aryl methyl sites for hydroxylation is 1. The lowest BCUT2D eigenvalue weighted by Crippen LogP contribution is -2.37. The van der Waals surface area contributed by atoms with Crippen LogP contribution in [0.2, 0.25) is 0 Å². The molecule has 0 amide bonds. The maximum Gasteiger partial charge on any atom is 0.216 e. The van der Waals surface area contributed by atoms with Crippen molar-refractivity contribution < 1.29 is 13.9 Å². The van der Waals surface area contributed by atoms with E-state index in [1.54, 1.807) is 6.07 Å². The zero-order chi connectivity index (χ0) is 20.4. The number of ether oxygens (including phenoxy) is 2. The van der Waals surface area contributed by atoms with Crippen LogP contribution >= 0.6 is 0 Å². The molecule has 2 fully saturated rings. The van der Waals surface area contributed by atoms with Gasteiger partial charge in [-0.1, -0.05) is 0 Å². The fourth-order valence-electron chi connectivity index (χ4n) is 3.94. The predicted molar refractivity (Wildman–Crippen MR) is 113 cm³/mol. The van der Waals surface area contributed by atoms with Crippen LogP contribution < -0.4 is 15.4 Å². The number of anilines is 2. The molecule has 4 rings (SSSR count). The molecule has 0 bridgehead atoms. The fraction of sp³-hybridized carbons (Fsp3) is 0.500. The highest BCUT2D eigenvalue weighted by molar-refractivity contribution is 5.74. The summed E-state index contributed by atoms with van der Waals surface area (Å²) in [7, 11) is 2.13. The molecule has 6 nitrogen and oxygen atoms in total. The van der Waals surface area contributed by atoms with Crippen LogP contribution in [0.25, 0.3) is 11.1 Å². The first-order valence-electron chi connectivity index (χ1n) is 10.3. The van der Waals surface area contributed by atoms with Gasteiger partial charge in [0.05, 0.1) is 18.9 Å². The molecule has 0 saturated carbocycles. The van der Waals surface area contributed by atoms with Crippen LogP contribution in [-0.2, 0) is 4.74 Å². The minimum atomic E-state index is -0.392. The second-order valence-corrected chi connectivity index (χ2v) is 7.96. The molecule has 0 atom stereocenters. The summed E-state index contributed by atoms with van der Waals surface area (Å²) < 4.78 is 25.6. The number of nitrogen functional groups attached to an aromatic ring is 1. The zero-order valence-electron chi connectivity index (χ0n) is 17.2. The van der Waals surface area contributed by atoms with Gasteiger partial charge in [0.1, 0.15) is 17.7 Å². The molecule has 29 heavy (non-hydrogen) atoms. The third kappa shape index (κ3) is 4.62. The van der Waals surface area contributed by atoms with Crippen LogP contribution in [0.3, 0.4) is 0 Å². The smallest absolute Gasteiger partial charge is 0.216 e. The van der Waals surface area contributed by atoms with Crippen molar-refractivity contribution in [3.05, 3.63) is 35.6 Å². The number of nitrogens with zero attached hydrogens (tertiary/aromatic N) is 3. The minimum absolute atomic E-state index is 0.146. The number of hydrogen-bond acceptors (Lipinski definition) is 6. The maximum absolute atomic E-state index is 13.9. The molecule has 7 heteroatoms. The van der Waals surface area contributed by atoms with Crippen LogP contribution in [0.4, 0.5) is 15.9 Å². The number of hydrogen-bond donors (Lipinski definition) is 1. The largest absolute Gasteiger partial charge is 0.474 e. The number of pyridine rings is 1. The SMILES string of the molecule is Cc1cc(F)c(N)cc1-c1cc(OC2CCN(C)CC2)nc(N2CCOCC2)c1. The monoisotopic (exact) mass is 400 g/mol. The molecular formula is C22H29FN4O2. The van der Waals surface area contributed by atoms with Gasteiger partial charge >= 0.3 is 0 Å².